The highest BCUT2D eigenvalue weighted by atomic mass is 79.9. The first-order valence-corrected chi connectivity index (χ1v) is 10.3. The maximum atomic E-state index is 12.6. The predicted molar refractivity (Wildman–Crippen MR) is 109 cm³/mol. The predicted octanol–water partition coefficient (Wildman–Crippen LogP) is 6.06. The normalized spacial score (nSPS) is 17.0. The van der Waals surface area contributed by atoms with Crippen molar-refractivity contribution < 1.29 is 14.3 Å². The van der Waals surface area contributed by atoms with Gasteiger partial charge in [-0.15, -0.1) is 11.3 Å². The molecule has 0 saturated carbocycles. The number of hydrogen-bond donors (Lipinski definition) is 0. The van der Waals surface area contributed by atoms with Gasteiger partial charge in [-0.05, 0) is 50.1 Å². The van der Waals surface area contributed by atoms with Crippen molar-refractivity contribution >= 4 is 45.0 Å². The van der Waals surface area contributed by atoms with Crippen molar-refractivity contribution in [1.29, 1.82) is 0 Å². The van der Waals surface area contributed by atoms with E-state index in [1.165, 1.54) is 16.9 Å². The summed E-state index contributed by atoms with van der Waals surface area (Å²) in [6, 6.07) is 7.91. The maximum absolute atomic E-state index is 12.6. The fraction of sp³-hybridized carbons (Fsp3) is 0.421. The third-order valence-corrected chi connectivity index (χ3v) is 6.11. The van der Waals surface area contributed by atoms with Gasteiger partial charge >= 0.3 is 6.09 Å². The van der Waals surface area contributed by atoms with Gasteiger partial charge in [-0.2, -0.15) is 0 Å². The molecule has 1 amide bonds. The minimum Gasteiger partial charge on any atom is -0.497 e. The molecule has 2 aromatic rings. The van der Waals surface area contributed by atoms with Crippen molar-refractivity contribution in [1.82, 2.24) is 4.90 Å². The number of rotatable bonds is 2. The highest BCUT2D eigenvalue weighted by Crippen LogP contribution is 2.42. The fourth-order valence-electron chi connectivity index (χ4n) is 3.03. The average Bonchev–Trinajstić information content (AvgIpc) is 2.92. The van der Waals surface area contributed by atoms with Crippen LogP contribution < -0.4 is 4.74 Å². The number of hydrogen-bond acceptors (Lipinski definition) is 4. The Kier molecular flexibility index (Phi) is 5.56. The van der Waals surface area contributed by atoms with E-state index in [2.05, 4.69) is 15.9 Å². The topological polar surface area (TPSA) is 38.8 Å². The Morgan fingerprint density at radius 3 is 2.65 bits per heavy atom. The number of thiophene rings is 1. The van der Waals surface area contributed by atoms with Gasteiger partial charge in [0.1, 0.15) is 11.4 Å². The first kappa shape index (κ1) is 19.5. The van der Waals surface area contributed by atoms with Crippen LogP contribution in [-0.4, -0.2) is 30.2 Å². The summed E-state index contributed by atoms with van der Waals surface area (Å²) in [5.74, 6) is 0.805. The molecule has 2 heterocycles. The highest BCUT2D eigenvalue weighted by Gasteiger charge is 2.34. The molecule has 0 N–H and O–H groups in total. The Morgan fingerprint density at radius 1 is 1.31 bits per heavy atom. The second kappa shape index (κ2) is 7.41. The number of carbonyl (C=O) groups is 1. The van der Waals surface area contributed by atoms with Gasteiger partial charge in [0.05, 0.1) is 18.0 Å². The molecule has 1 atom stereocenters. The number of amides is 1. The molecule has 0 spiro atoms. The lowest BCUT2D eigenvalue weighted by Gasteiger charge is -2.34. The molecule has 7 heteroatoms. The van der Waals surface area contributed by atoms with Gasteiger partial charge in [-0.3, -0.25) is 0 Å². The molecule has 3 rings (SSSR count). The van der Waals surface area contributed by atoms with E-state index < -0.39 is 5.60 Å². The van der Waals surface area contributed by atoms with Crippen LogP contribution in [0.5, 0.6) is 5.75 Å². The summed E-state index contributed by atoms with van der Waals surface area (Å²) in [7, 11) is 1.64. The second-order valence-corrected chi connectivity index (χ2v) is 9.85. The number of fused-ring (bicyclic) bond motifs is 1. The van der Waals surface area contributed by atoms with Crippen LogP contribution in [0.4, 0.5) is 4.79 Å². The minimum absolute atomic E-state index is 0.0234. The molecule has 0 fully saturated rings. The molecule has 1 aromatic heterocycles. The summed E-state index contributed by atoms with van der Waals surface area (Å²) in [5.41, 5.74) is 1.74. The van der Waals surface area contributed by atoms with Crippen LogP contribution in [0.1, 0.15) is 42.7 Å². The van der Waals surface area contributed by atoms with E-state index in [1.54, 1.807) is 12.0 Å². The molecule has 0 bridgehead atoms. The number of nitrogens with zero attached hydrogens (tertiary/aromatic N) is 1. The summed E-state index contributed by atoms with van der Waals surface area (Å²) in [5, 5.41) is 0. The first-order valence-electron chi connectivity index (χ1n) is 8.27. The molecule has 1 aromatic carbocycles. The van der Waals surface area contributed by atoms with Gasteiger partial charge in [0, 0.05) is 21.8 Å². The average molecular weight is 459 g/mol. The molecule has 0 aliphatic carbocycles. The number of carbonyl (C=O) groups excluding carboxylic acids is 1. The van der Waals surface area contributed by atoms with E-state index in [9.17, 15) is 4.79 Å². The summed E-state index contributed by atoms with van der Waals surface area (Å²) >= 11 is 11.4. The number of ether oxygens (including phenoxy) is 2. The third kappa shape index (κ3) is 4.18. The van der Waals surface area contributed by atoms with Crippen molar-refractivity contribution in [2.24, 2.45) is 0 Å². The van der Waals surface area contributed by atoms with Crippen molar-refractivity contribution in [3.8, 4) is 5.75 Å². The van der Waals surface area contributed by atoms with E-state index in [0.717, 1.165) is 25.0 Å². The van der Waals surface area contributed by atoms with Crippen molar-refractivity contribution in [3.05, 3.63) is 49.1 Å². The summed E-state index contributed by atoms with van der Waals surface area (Å²) < 4.78 is 12.5. The molecule has 140 valence electrons. The highest BCUT2D eigenvalue weighted by molar-refractivity contribution is 9.10. The van der Waals surface area contributed by atoms with E-state index in [-0.39, 0.29) is 12.0 Å². The van der Waals surface area contributed by atoms with Gasteiger partial charge in [0.2, 0.25) is 0 Å². The van der Waals surface area contributed by atoms with Gasteiger partial charge in [-0.25, -0.2) is 4.79 Å². The zero-order valence-electron chi connectivity index (χ0n) is 15.1. The lowest BCUT2D eigenvalue weighted by atomic mass is 9.88. The molecule has 26 heavy (non-hydrogen) atoms. The van der Waals surface area contributed by atoms with E-state index in [4.69, 9.17) is 21.1 Å². The number of benzene rings is 1. The second-order valence-electron chi connectivity index (χ2n) is 7.23. The summed E-state index contributed by atoms with van der Waals surface area (Å²) in [4.78, 5) is 15.5. The van der Waals surface area contributed by atoms with Crippen LogP contribution in [0, 0.1) is 0 Å². The van der Waals surface area contributed by atoms with Crippen LogP contribution >= 0.6 is 38.9 Å². The van der Waals surface area contributed by atoms with Crippen LogP contribution in [0.25, 0.3) is 0 Å². The van der Waals surface area contributed by atoms with Crippen LogP contribution in [0.2, 0.25) is 4.34 Å². The lowest BCUT2D eigenvalue weighted by Crippen LogP contribution is -2.41. The first-order chi connectivity index (χ1) is 12.2. The van der Waals surface area contributed by atoms with E-state index in [1.807, 2.05) is 45.0 Å². The van der Waals surface area contributed by atoms with Gasteiger partial charge < -0.3 is 14.4 Å². The largest absolute Gasteiger partial charge is 0.497 e. The molecule has 1 aliphatic heterocycles. The van der Waals surface area contributed by atoms with Crippen molar-refractivity contribution in [3.63, 3.8) is 0 Å². The molecule has 0 radical (unpaired) electrons. The molecule has 0 saturated heterocycles. The number of halogens is 2. The molecule has 1 unspecified atom stereocenters. The quantitative estimate of drug-likeness (QED) is 0.549. The minimum atomic E-state index is -0.527. The van der Waals surface area contributed by atoms with Gasteiger partial charge in [-0.1, -0.05) is 33.6 Å². The Labute approximate surface area is 171 Å². The third-order valence-electron chi connectivity index (χ3n) is 4.16. The Morgan fingerprint density at radius 2 is 2.04 bits per heavy atom. The van der Waals surface area contributed by atoms with Crippen molar-refractivity contribution in [2.75, 3.05) is 13.7 Å². The van der Waals surface area contributed by atoms with Crippen LogP contribution in [0.15, 0.2) is 28.7 Å². The fourth-order valence-corrected chi connectivity index (χ4v) is 5.02. The zero-order valence-corrected chi connectivity index (χ0v) is 18.3. The summed E-state index contributed by atoms with van der Waals surface area (Å²) in [6.07, 6.45) is -0.303. The van der Waals surface area contributed by atoms with Crippen molar-refractivity contribution in [2.45, 2.75) is 38.8 Å². The SMILES string of the molecule is COc1ccc(C2CN(C(=O)OC(C)(C)C)Cc3sc(Cl)cc32)c(Br)c1. The van der Waals surface area contributed by atoms with Gasteiger partial charge in [0.15, 0.2) is 0 Å². The van der Waals surface area contributed by atoms with E-state index >= 15 is 0 Å². The monoisotopic (exact) mass is 457 g/mol. The Bertz CT molecular complexity index is 831. The standard InChI is InChI=1S/C19H21BrClNO3S/c1-19(2,3)25-18(23)22-9-14(13-8-17(21)26-16(13)10-22)12-6-5-11(24-4)7-15(12)20/h5-8,14H,9-10H2,1-4H3. The lowest BCUT2D eigenvalue weighted by molar-refractivity contribution is 0.0216. The molecular formula is C19H21BrClNO3S. The number of methoxy groups -OCH3 is 1. The maximum Gasteiger partial charge on any atom is 0.410 e. The summed E-state index contributed by atoms with van der Waals surface area (Å²) in [6.45, 7) is 6.69. The Hall–Kier alpha value is -1.24. The zero-order chi connectivity index (χ0) is 19.1. The Balaban J connectivity index is 1.97. The molecular weight excluding hydrogens is 438 g/mol. The van der Waals surface area contributed by atoms with Crippen LogP contribution in [-0.2, 0) is 11.3 Å². The van der Waals surface area contributed by atoms with Crippen LogP contribution in [0.3, 0.4) is 0 Å². The molecule has 1 aliphatic rings. The van der Waals surface area contributed by atoms with E-state index in [0.29, 0.717) is 13.1 Å². The molecule has 4 nitrogen and oxygen atoms in total. The smallest absolute Gasteiger partial charge is 0.410 e. The van der Waals surface area contributed by atoms with Gasteiger partial charge in [0.25, 0.3) is 0 Å².